The summed E-state index contributed by atoms with van der Waals surface area (Å²) >= 11 is 0. The van der Waals surface area contributed by atoms with Crippen LogP contribution in [0.15, 0.2) is 60.5 Å². The van der Waals surface area contributed by atoms with Crippen molar-refractivity contribution < 1.29 is 30.0 Å². The Balaban J connectivity index is 0.000000246. The number of hydrogen-bond acceptors (Lipinski definition) is 3. The number of aliphatic hydroxyl groups excluding tert-OH is 1. The van der Waals surface area contributed by atoms with E-state index in [0.29, 0.717) is 0 Å². The Labute approximate surface area is 211 Å². The molecule has 177 valence electrons. The van der Waals surface area contributed by atoms with E-state index in [2.05, 4.69) is 61.3 Å². The Morgan fingerprint density at radius 1 is 0.970 bits per heavy atom. The minimum absolute atomic E-state index is 0. The summed E-state index contributed by atoms with van der Waals surface area (Å²) < 4.78 is 0. The van der Waals surface area contributed by atoms with Crippen LogP contribution in [0.2, 0.25) is 0 Å². The largest absolute Gasteiger partial charge is 0.512 e. The molecule has 4 heteroatoms. The summed E-state index contributed by atoms with van der Waals surface area (Å²) in [7, 11) is 0. The van der Waals surface area contributed by atoms with Gasteiger partial charge in [0.1, 0.15) is 5.76 Å². The van der Waals surface area contributed by atoms with Gasteiger partial charge >= 0.3 is 0 Å². The minimum atomic E-state index is -0.417. The molecule has 0 amide bonds. The van der Waals surface area contributed by atoms with Crippen LogP contribution in [0.3, 0.4) is 0 Å². The zero-order valence-corrected chi connectivity index (χ0v) is 23.2. The average Bonchev–Trinajstić information content (AvgIpc) is 2.71. The van der Waals surface area contributed by atoms with Crippen LogP contribution in [0, 0.1) is 16.9 Å². The summed E-state index contributed by atoms with van der Waals surface area (Å²) in [5.74, 6) is 0.104. The molecular weight excluding hydrogens is 587 g/mol. The summed E-state index contributed by atoms with van der Waals surface area (Å²) in [5, 5.41) is 12.1. The molecular formula is C29H34IrNO2-. The Morgan fingerprint density at radius 2 is 1.61 bits per heavy atom. The van der Waals surface area contributed by atoms with Gasteiger partial charge in [0.25, 0.3) is 0 Å². The van der Waals surface area contributed by atoms with Gasteiger partial charge in [-0.25, -0.2) is 0 Å². The predicted molar refractivity (Wildman–Crippen MR) is 133 cm³/mol. The molecule has 0 aliphatic heterocycles. The molecule has 0 unspecified atom stereocenters. The third kappa shape index (κ3) is 5.45. The molecule has 0 saturated carbocycles. The van der Waals surface area contributed by atoms with E-state index >= 15 is 0 Å². The molecule has 1 aliphatic rings. The van der Waals surface area contributed by atoms with E-state index in [1.807, 2.05) is 53.8 Å². The first kappa shape index (κ1) is 27.0. The molecule has 4 rings (SSSR count). The number of hydrogen-bond donors (Lipinski definition) is 1. The van der Waals surface area contributed by atoms with Crippen molar-refractivity contribution in [2.45, 2.75) is 60.8 Å². The number of ketones is 1. The van der Waals surface area contributed by atoms with Crippen molar-refractivity contribution in [2.24, 2.45) is 10.8 Å². The SMILES string of the molecule is CC(C)(C)C(=O)/C=C(\O)C(C)(C)C.CC1(C)c2ccc[c-]c2-c2nccc3cccc1c23.[Ir]. The molecule has 33 heavy (non-hydrogen) atoms. The van der Waals surface area contributed by atoms with Crippen LogP contribution >= 0.6 is 0 Å². The zero-order valence-electron chi connectivity index (χ0n) is 20.8. The molecule has 0 bridgehead atoms. The molecule has 3 aromatic rings. The molecule has 3 nitrogen and oxygen atoms in total. The van der Waals surface area contributed by atoms with Gasteiger partial charge in [0.15, 0.2) is 5.78 Å². The number of nitrogens with zero attached hydrogens (tertiary/aromatic N) is 1. The van der Waals surface area contributed by atoms with Gasteiger partial charge < -0.3 is 10.1 Å². The number of fused-ring (bicyclic) bond motifs is 2. The first-order valence-corrected chi connectivity index (χ1v) is 11.1. The molecule has 1 N–H and O–H groups in total. The van der Waals surface area contributed by atoms with Crippen molar-refractivity contribution in [3.05, 3.63) is 77.7 Å². The number of pyridine rings is 1. The summed E-state index contributed by atoms with van der Waals surface area (Å²) in [6, 6.07) is 18.2. The fraction of sp³-hybridized carbons (Fsp3) is 0.379. The first-order chi connectivity index (χ1) is 14.7. The number of aliphatic hydroxyl groups is 1. The van der Waals surface area contributed by atoms with Gasteiger partial charge in [0.2, 0.25) is 0 Å². The van der Waals surface area contributed by atoms with Gasteiger partial charge in [-0.2, -0.15) is 0 Å². The fourth-order valence-corrected chi connectivity index (χ4v) is 3.80. The zero-order chi connectivity index (χ0) is 23.9. The van der Waals surface area contributed by atoms with Gasteiger partial charge in [-0.05, 0) is 33.5 Å². The molecule has 1 aromatic heterocycles. The van der Waals surface area contributed by atoms with Crippen LogP contribution < -0.4 is 0 Å². The third-order valence-corrected chi connectivity index (χ3v) is 6.01. The summed E-state index contributed by atoms with van der Waals surface area (Å²) in [4.78, 5) is 16.1. The Hall–Kier alpha value is -2.29. The number of rotatable bonds is 1. The maximum Gasteiger partial charge on any atom is 0.164 e. The summed E-state index contributed by atoms with van der Waals surface area (Å²) in [6.45, 7) is 15.7. The summed E-state index contributed by atoms with van der Waals surface area (Å²) in [6.07, 6.45) is 3.23. The van der Waals surface area contributed by atoms with Gasteiger partial charge in [-0.3, -0.25) is 4.79 Å². The van der Waals surface area contributed by atoms with Crippen LogP contribution in [0.4, 0.5) is 0 Å². The van der Waals surface area contributed by atoms with Crippen LogP contribution in [-0.4, -0.2) is 15.9 Å². The monoisotopic (exact) mass is 621 g/mol. The fourth-order valence-electron chi connectivity index (χ4n) is 3.80. The number of benzene rings is 2. The van der Waals surface area contributed by atoms with Crippen LogP contribution in [-0.2, 0) is 30.3 Å². The van der Waals surface area contributed by atoms with Crippen molar-refractivity contribution in [2.75, 3.05) is 0 Å². The number of carbonyl (C=O) groups excluding carboxylic acids is 1. The average molecular weight is 621 g/mol. The van der Waals surface area contributed by atoms with Crippen molar-refractivity contribution in [3.63, 3.8) is 0 Å². The molecule has 1 radical (unpaired) electrons. The van der Waals surface area contributed by atoms with Crippen LogP contribution in [0.1, 0.15) is 66.5 Å². The second kappa shape index (κ2) is 9.52. The van der Waals surface area contributed by atoms with E-state index in [1.165, 1.54) is 28.0 Å². The van der Waals surface area contributed by atoms with E-state index in [9.17, 15) is 9.90 Å². The van der Waals surface area contributed by atoms with Gasteiger partial charge in [0.05, 0.1) is 0 Å². The molecule has 2 aromatic carbocycles. The molecule has 0 spiro atoms. The van der Waals surface area contributed by atoms with Gasteiger partial charge in [-0.1, -0.05) is 73.6 Å². The van der Waals surface area contributed by atoms with Crippen molar-refractivity contribution in [1.82, 2.24) is 4.98 Å². The first-order valence-electron chi connectivity index (χ1n) is 11.1. The van der Waals surface area contributed by atoms with Crippen LogP contribution in [0.5, 0.6) is 0 Å². The van der Waals surface area contributed by atoms with E-state index in [1.54, 1.807) is 0 Å². The van der Waals surface area contributed by atoms with Crippen molar-refractivity contribution in [3.8, 4) is 11.3 Å². The third-order valence-electron chi connectivity index (χ3n) is 6.01. The van der Waals surface area contributed by atoms with E-state index in [0.717, 1.165) is 11.3 Å². The van der Waals surface area contributed by atoms with E-state index < -0.39 is 5.41 Å². The number of carbonyl (C=O) groups is 1. The molecule has 0 fully saturated rings. The molecule has 1 aliphatic carbocycles. The molecule has 1 heterocycles. The van der Waals surface area contributed by atoms with E-state index in [4.69, 9.17) is 0 Å². The summed E-state index contributed by atoms with van der Waals surface area (Å²) in [5.41, 5.74) is 4.14. The Morgan fingerprint density at radius 3 is 2.21 bits per heavy atom. The van der Waals surface area contributed by atoms with Gasteiger partial charge in [-0.15, -0.1) is 35.4 Å². The smallest absolute Gasteiger partial charge is 0.164 e. The predicted octanol–water partition coefficient (Wildman–Crippen LogP) is 7.43. The minimum Gasteiger partial charge on any atom is -0.512 e. The Kier molecular flexibility index (Phi) is 7.78. The van der Waals surface area contributed by atoms with Crippen molar-refractivity contribution >= 4 is 16.6 Å². The topological polar surface area (TPSA) is 50.2 Å². The second-order valence-electron chi connectivity index (χ2n) is 11.0. The molecule has 0 saturated heterocycles. The Bertz CT molecular complexity index is 1190. The quantitative estimate of drug-likeness (QED) is 0.175. The van der Waals surface area contributed by atoms with Crippen molar-refractivity contribution in [1.29, 1.82) is 0 Å². The normalized spacial score (nSPS) is 14.5. The maximum absolute atomic E-state index is 11.5. The van der Waals surface area contributed by atoms with Crippen LogP contribution in [0.25, 0.3) is 22.0 Å². The second-order valence-corrected chi connectivity index (χ2v) is 11.0. The standard InChI is InChI=1S/C18H14N.C11H20O2.Ir/c1-18(2)14-8-4-3-7-13(14)17-16-12(10-11-19-17)6-5-9-15(16)18;1-10(2,3)8(12)7-9(13)11(4,5)6;/h3-6,8-11H,1-2H3;7,12H,1-6H3;/q-1;;/b;8-7-;. The number of allylic oxidation sites excluding steroid dienone is 2. The molecule has 0 atom stereocenters. The van der Waals surface area contributed by atoms with E-state index in [-0.39, 0.29) is 42.5 Å². The maximum atomic E-state index is 11.5. The van der Waals surface area contributed by atoms with Gasteiger partial charge in [0, 0.05) is 43.2 Å². The number of aromatic nitrogens is 1.